The van der Waals surface area contributed by atoms with Crippen molar-refractivity contribution in [2.45, 2.75) is 6.04 Å². The summed E-state index contributed by atoms with van der Waals surface area (Å²) in [4.78, 5) is 11.6. The van der Waals surface area contributed by atoms with Crippen molar-refractivity contribution < 1.29 is 9.90 Å². The number of nitriles is 1. The van der Waals surface area contributed by atoms with E-state index >= 15 is 0 Å². The molecule has 0 fully saturated rings. The molecule has 0 aromatic carbocycles. The van der Waals surface area contributed by atoms with Crippen LogP contribution >= 0.6 is 11.3 Å². The summed E-state index contributed by atoms with van der Waals surface area (Å²) in [6.07, 6.45) is -1.10. The van der Waals surface area contributed by atoms with Crippen molar-refractivity contribution in [3.63, 3.8) is 0 Å². The Kier molecular flexibility index (Phi) is 2.88. The molecule has 1 aromatic heterocycles. The zero-order valence-electron chi connectivity index (χ0n) is 6.97. The van der Waals surface area contributed by atoms with Crippen LogP contribution in [0.4, 0.5) is 4.79 Å². The topological polar surface area (TPSA) is 64.3 Å². The molecule has 1 heterocycles. The minimum absolute atomic E-state index is 0.705. The first-order valence-corrected chi connectivity index (χ1v) is 4.48. The van der Waals surface area contributed by atoms with E-state index in [4.69, 9.17) is 10.4 Å². The number of amides is 1. The molecular formula is C8H8N2O2S. The molecule has 1 unspecified atom stereocenters. The molecule has 5 heteroatoms. The Hall–Kier alpha value is -1.54. The van der Waals surface area contributed by atoms with Crippen LogP contribution in [0.25, 0.3) is 0 Å². The summed E-state index contributed by atoms with van der Waals surface area (Å²) in [6, 6.07) is 2.98. The van der Waals surface area contributed by atoms with Gasteiger partial charge in [0.2, 0.25) is 0 Å². The van der Waals surface area contributed by atoms with Crippen LogP contribution in [0.1, 0.15) is 11.6 Å². The normalized spacial score (nSPS) is 11.7. The Labute approximate surface area is 79.6 Å². The quantitative estimate of drug-likeness (QED) is 0.785. The van der Waals surface area contributed by atoms with E-state index in [1.165, 1.54) is 18.4 Å². The molecule has 1 aromatic rings. The zero-order chi connectivity index (χ0) is 9.84. The predicted molar refractivity (Wildman–Crippen MR) is 48.5 cm³/mol. The number of thiophene rings is 1. The maximum atomic E-state index is 10.6. The van der Waals surface area contributed by atoms with Gasteiger partial charge in [-0.25, -0.2) is 4.79 Å². The molecule has 0 aliphatic rings. The lowest BCUT2D eigenvalue weighted by molar-refractivity contribution is 0.148. The van der Waals surface area contributed by atoms with Crippen molar-refractivity contribution in [2.75, 3.05) is 7.05 Å². The molecule has 1 N–H and O–H groups in total. The van der Waals surface area contributed by atoms with Crippen LogP contribution in [0.15, 0.2) is 16.8 Å². The molecule has 68 valence electrons. The Bertz CT molecular complexity index is 328. The minimum Gasteiger partial charge on any atom is -0.465 e. The molecule has 1 rings (SSSR count). The van der Waals surface area contributed by atoms with Crippen molar-refractivity contribution in [3.05, 3.63) is 22.4 Å². The minimum atomic E-state index is -1.10. The van der Waals surface area contributed by atoms with Crippen molar-refractivity contribution in [1.82, 2.24) is 4.90 Å². The van der Waals surface area contributed by atoms with E-state index in [1.54, 1.807) is 11.4 Å². The average Bonchev–Trinajstić information content (AvgIpc) is 2.58. The zero-order valence-corrected chi connectivity index (χ0v) is 7.78. The molecule has 1 atom stereocenters. The van der Waals surface area contributed by atoms with Crippen molar-refractivity contribution in [1.29, 1.82) is 5.26 Å². The van der Waals surface area contributed by atoms with Gasteiger partial charge in [-0.1, -0.05) is 0 Å². The van der Waals surface area contributed by atoms with Crippen LogP contribution in [-0.4, -0.2) is 23.1 Å². The number of nitrogens with zero attached hydrogens (tertiary/aromatic N) is 2. The highest BCUT2D eigenvalue weighted by atomic mass is 32.1. The molecule has 0 saturated heterocycles. The van der Waals surface area contributed by atoms with Crippen LogP contribution < -0.4 is 0 Å². The van der Waals surface area contributed by atoms with E-state index in [0.717, 1.165) is 10.5 Å². The third-order valence-corrected chi connectivity index (χ3v) is 2.37. The maximum Gasteiger partial charge on any atom is 0.408 e. The number of hydrogen-bond donors (Lipinski definition) is 1. The van der Waals surface area contributed by atoms with Crippen LogP contribution in [0.3, 0.4) is 0 Å². The highest BCUT2D eigenvalue weighted by Gasteiger charge is 2.20. The molecule has 0 aliphatic carbocycles. The highest BCUT2D eigenvalue weighted by molar-refractivity contribution is 7.08. The second-order valence-electron chi connectivity index (χ2n) is 2.48. The first-order chi connectivity index (χ1) is 6.16. The fourth-order valence-corrected chi connectivity index (χ4v) is 1.60. The largest absolute Gasteiger partial charge is 0.465 e. The van der Waals surface area contributed by atoms with Crippen molar-refractivity contribution in [3.8, 4) is 6.07 Å². The number of hydrogen-bond acceptors (Lipinski definition) is 3. The number of carbonyl (C=O) groups is 1. The molecule has 0 radical (unpaired) electrons. The third kappa shape index (κ3) is 1.98. The van der Waals surface area contributed by atoms with Gasteiger partial charge in [-0.05, 0) is 22.4 Å². The lowest BCUT2D eigenvalue weighted by atomic mass is 10.1. The predicted octanol–water partition coefficient (Wildman–Crippen LogP) is 1.92. The van der Waals surface area contributed by atoms with E-state index in [-0.39, 0.29) is 0 Å². The summed E-state index contributed by atoms with van der Waals surface area (Å²) in [7, 11) is 1.38. The fraction of sp³-hybridized carbons (Fsp3) is 0.250. The molecule has 13 heavy (non-hydrogen) atoms. The highest BCUT2D eigenvalue weighted by Crippen LogP contribution is 2.20. The molecule has 0 aliphatic heterocycles. The second kappa shape index (κ2) is 3.92. The summed E-state index contributed by atoms with van der Waals surface area (Å²) in [5, 5.41) is 21.0. The van der Waals surface area contributed by atoms with Crippen LogP contribution in [0.2, 0.25) is 0 Å². The molecule has 0 bridgehead atoms. The smallest absolute Gasteiger partial charge is 0.408 e. The van der Waals surface area contributed by atoms with Crippen molar-refractivity contribution >= 4 is 17.4 Å². The third-order valence-electron chi connectivity index (χ3n) is 1.67. The first kappa shape index (κ1) is 9.55. The maximum absolute atomic E-state index is 10.6. The Morgan fingerprint density at radius 2 is 2.54 bits per heavy atom. The van der Waals surface area contributed by atoms with Gasteiger partial charge in [0.25, 0.3) is 0 Å². The van der Waals surface area contributed by atoms with Crippen molar-refractivity contribution in [2.24, 2.45) is 0 Å². The molecule has 4 nitrogen and oxygen atoms in total. The van der Waals surface area contributed by atoms with E-state index in [1.807, 2.05) is 11.4 Å². The SMILES string of the molecule is CN(C(=O)O)C(C#N)c1ccsc1. The van der Waals surface area contributed by atoms with E-state index in [0.29, 0.717) is 0 Å². The van der Waals surface area contributed by atoms with Crippen LogP contribution in [0, 0.1) is 11.3 Å². The average molecular weight is 196 g/mol. The Balaban J connectivity index is 2.88. The lowest BCUT2D eigenvalue weighted by Gasteiger charge is -2.17. The Morgan fingerprint density at radius 3 is 2.92 bits per heavy atom. The summed E-state index contributed by atoms with van der Waals surface area (Å²) < 4.78 is 0. The first-order valence-electron chi connectivity index (χ1n) is 3.54. The summed E-state index contributed by atoms with van der Waals surface area (Å²) in [5.41, 5.74) is 0.720. The second-order valence-corrected chi connectivity index (χ2v) is 3.26. The lowest BCUT2D eigenvalue weighted by Crippen LogP contribution is -2.28. The fourth-order valence-electron chi connectivity index (χ4n) is 0.926. The van der Waals surface area contributed by atoms with Gasteiger partial charge in [0.1, 0.15) is 6.04 Å². The van der Waals surface area contributed by atoms with Gasteiger partial charge in [-0.2, -0.15) is 16.6 Å². The van der Waals surface area contributed by atoms with Gasteiger partial charge < -0.3 is 5.11 Å². The van der Waals surface area contributed by atoms with E-state index in [2.05, 4.69) is 0 Å². The number of carboxylic acid groups (broad SMARTS) is 1. The van der Waals surface area contributed by atoms with Gasteiger partial charge in [0, 0.05) is 7.05 Å². The molecule has 0 spiro atoms. The Morgan fingerprint density at radius 1 is 1.85 bits per heavy atom. The van der Waals surface area contributed by atoms with E-state index < -0.39 is 12.1 Å². The van der Waals surface area contributed by atoms with Gasteiger partial charge in [-0.15, -0.1) is 0 Å². The summed E-state index contributed by atoms with van der Waals surface area (Å²) in [6.45, 7) is 0. The van der Waals surface area contributed by atoms with Crippen LogP contribution in [0.5, 0.6) is 0 Å². The monoisotopic (exact) mass is 196 g/mol. The van der Waals surface area contributed by atoms with Gasteiger partial charge in [-0.3, -0.25) is 4.90 Å². The van der Waals surface area contributed by atoms with Gasteiger partial charge >= 0.3 is 6.09 Å². The van der Waals surface area contributed by atoms with Gasteiger partial charge in [0.05, 0.1) is 6.07 Å². The standard InChI is InChI=1S/C8H8N2O2S/c1-10(8(11)12)7(4-9)6-2-3-13-5-6/h2-3,5,7H,1H3,(H,11,12). The molecular weight excluding hydrogens is 188 g/mol. The van der Waals surface area contributed by atoms with Crippen LogP contribution in [-0.2, 0) is 0 Å². The van der Waals surface area contributed by atoms with E-state index in [9.17, 15) is 4.79 Å². The molecule has 1 amide bonds. The number of rotatable bonds is 2. The molecule has 0 saturated carbocycles. The van der Waals surface area contributed by atoms with Gasteiger partial charge in [0.15, 0.2) is 0 Å². The summed E-state index contributed by atoms with van der Waals surface area (Å²) >= 11 is 1.44. The summed E-state index contributed by atoms with van der Waals surface area (Å²) in [5.74, 6) is 0.